The first-order valence-corrected chi connectivity index (χ1v) is 8.94. The Morgan fingerprint density at radius 3 is 2.65 bits per heavy atom. The summed E-state index contributed by atoms with van der Waals surface area (Å²) in [5.74, 6) is -0.386. The molecular weight excluding hydrogens is 288 g/mol. The van der Waals surface area contributed by atoms with E-state index >= 15 is 0 Å². The zero-order valence-electron chi connectivity index (χ0n) is 14.3. The van der Waals surface area contributed by atoms with Crippen molar-refractivity contribution in [2.75, 3.05) is 0 Å². The molecule has 0 aromatic carbocycles. The Morgan fingerprint density at radius 1 is 1.13 bits per heavy atom. The molecule has 0 unspecified atom stereocenters. The third-order valence-corrected chi connectivity index (χ3v) is 4.15. The van der Waals surface area contributed by atoms with Gasteiger partial charge in [0.25, 0.3) is 0 Å². The number of unbranched alkanes of at least 4 members (excludes halogenated alkanes) is 6. The van der Waals surface area contributed by atoms with Crippen molar-refractivity contribution < 1.29 is 14.7 Å². The van der Waals surface area contributed by atoms with Crippen LogP contribution in [0.3, 0.4) is 0 Å². The summed E-state index contributed by atoms with van der Waals surface area (Å²) in [7, 11) is 0. The number of allylic oxidation sites excluding steroid dienone is 6. The maximum Gasteiger partial charge on any atom is 0.303 e. The summed E-state index contributed by atoms with van der Waals surface area (Å²) >= 11 is 0. The molecule has 0 heterocycles. The van der Waals surface area contributed by atoms with E-state index in [1.807, 2.05) is 12.2 Å². The van der Waals surface area contributed by atoms with Gasteiger partial charge in [0, 0.05) is 17.9 Å². The highest BCUT2D eigenvalue weighted by Crippen LogP contribution is 2.26. The Hall–Kier alpha value is -1.64. The number of carboxylic acid groups (broad SMARTS) is 1. The summed E-state index contributed by atoms with van der Waals surface area (Å²) in [5, 5.41) is 8.58. The summed E-state index contributed by atoms with van der Waals surface area (Å²) in [6.45, 7) is 2.21. The van der Waals surface area contributed by atoms with Crippen molar-refractivity contribution in [2.24, 2.45) is 5.92 Å². The van der Waals surface area contributed by atoms with Crippen LogP contribution in [0.5, 0.6) is 0 Å². The highest BCUT2D eigenvalue weighted by molar-refractivity contribution is 6.07. The zero-order valence-corrected chi connectivity index (χ0v) is 14.3. The summed E-state index contributed by atoms with van der Waals surface area (Å²) in [5.41, 5.74) is 0.940. The number of aliphatic carboxylic acids is 1. The molecule has 0 aromatic rings. The van der Waals surface area contributed by atoms with Gasteiger partial charge in [-0.2, -0.15) is 0 Å². The maximum absolute atomic E-state index is 11.9. The average molecular weight is 318 g/mol. The number of hydrogen-bond acceptors (Lipinski definition) is 2. The molecule has 1 atom stereocenters. The fraction of sp³-hybridized carbons (Fsp3) is 0.600. The van der Waals surface area contributed by atoms with E-state index in [0.29, 0.717) is 6.42 Å². The topological polar surface area (TPSA) is 54.4 Å². The summed E-state index contributed by atoms with van der Waals surface area (Å²) in [6.07, 6.45) is 19.6. The molecule has 1 N–H and O–H groups in total. The van der Waals surface area contributed by atoms with E-state index in [-0.39, 0.29) is 18.1 Å². The minimum Gasteiger partial charge on any atom is -0.481 e. The first-order chi connectivity index (χ1) is 11.1. The third-order valence-electron chi connectivity index (χ3n) is 4.15. The molecule has 0 bridgehead atoms. The van der Waals surface area contributed by atoms with Crippen molar-refractivity contribution in [3.63, 3.8) is 0 Å². The van der Waals surface area contributed by atoms with E-state index in [2.05, 4.69) is 19.1 Å². The van der Waals surface area contributed by atoms with Gasteiger partial charge in [-0.05, 0) is 38.2 Å². The van der Waals surface area contributed by atoms with Gasteiger partial charge in [-0.1, -0.05) is 56.9 Å². The van der Waals surface area contributed by atoms with Gasteiger partial charge in [0.05, 0.1) is 0 Å². The lowest BCUT2D eigenvalue weighted by molar-refractivity contribution is -0.137. The zero-order chi connectivity index (χ0) is 16.9. The van der Waals surface area contributed by atoms with Crippen LogP contribution in [0.1, 0.15) is 71.1 Å². The number of hydrogen-bond donors (Lipinski definition) is 1. The van der Waals surface area contributed by atoms with Gasteiger partial charge >= 0.3 is 5.97 Å². The molecule has 0 aliphatic heterocycles. The molecule has 0 fully saturated rings. The predicted octanol–water partition coefficient (Wildman–Crippen LogP) is 5.23. The fourth-order valence-electron chi connectivity index (χ4n) is 2.78. The Labute approximate surface area is 140 Å². The molecule has 0 radical (unpaired) electrons. The van der Waals surface area contributed by atoms with Crippen LogP contribution in [-0.4, -0.2) is 16.9 Å². The summed E-state index contributed by atoms with van der Waals surface area (Å²) < 4.78 is 0. The molecule has 23 heavy (non-hydrogen) atoms. The lowest BCUT2D eigenvalue weighted by atomic mass is 9.96. The van der Waals surface area contributed by atoms with Gasteiger partial charge < -0.3 is 5.11 Å². The standard InChI is InChI=1S/C20H30O3/c1-2-3-4-5-6-10-13-18-17(15-16-19(18)21)12-9-7-8-11-14-20(22)23/h7,9,13,15-17H,2-6,8,10-12,14H2,1H3,(H,22,23)/b9-7-,18-13+/t17-/m0/s1. The van der Waals surface area contributed by atoms with Gasteiger partial charge in [-0.3, -0.25) is 9.59 Å². The smallest absolute Gasteiger partial charge is 0.303 e. The van der Waals surface area contributed by atoms with Gasteiger partial charge in [-0.15, -0.1) is 0 Å². The van der Waals surface area contributed by atoms with Gasteiger partial charge in [0.2, 0.25) is 0 Å². The number of carboxylic acids is 1. The van der Waals surface area contributed by atoms with E-state index in [0.717, 1.165) is 31.3 Å². The van der Waals surface area contributed by atoms with Crippen LogP contribution in [0.4, 0.5) is 0 Å². The molecule has 0 spiro atoms. The molecule has 0 amide bonds. The molecule has 0 saturated carbocycles. The molecule has 0 aromatic heterocycles. The van der Waals surface area contributed by atoms with Crippen molar-refractivity contribution in [1.29, 1.82) is 0 Å². The molecule has 128 valence electrons. The monoisotopic (exact) mass is 318 g/mol. The largest absolute Gasteiger partial charge is 0.481 e. The van der Waals surface area contributed by atoms with Crippen LogP contribution in [0, 0.1) is 5.92 Å². The minimum absolute atomic E-state index is 0.155. The van der Waals surface area contributed by atoms with Crippen LogP contribution in [0.15, 0.2) is 36.0 Å². The minimum atomic E-state index is -0.744. The van der Waals surface area contributed by atoms with E-state index in [1.54, 1.807) is 6.08 Å². The van der Waals surface area contributed by atoms with Crippen LogP contribution >= 0.6 is 0 Å². The van der Waals surface area contributed by atoms with Gasteiger partial charge in [0.1, 0.15) is 0 Å². The second-order valence-corrected chi connectivity index (χ2v) is 6.19. The van der Waals surface area contributed by atoms with E-state index in [1.165, 1.54) is 25.7 Å². The van der Waals surface area contributed by atoms with Gasteiger partial charge in [-0.25, -0.2) is 0 Å². The highest BCUT2D eigenvalue weighted by atomic mass is 16.4. The SMILES string of the molecule is CCCCCCC/C=C1/C(=O)C=C[C@@H]1C/C=C\CCCC(=O)O. The quantitative estimate of drug-likeness (QED) is 0.304. The Bertz CT molecular complexity index is 458. The maximum atomic E-state index is 11.9. The Kier molecular flexibility index (Phi) is 10.0. The first-order valence-electron chi connectivity index (χ1n) is 8.94. The highest BCUT2D eigenvalue weighted by Gasteiger charge is 2.21. The molecule has 0 saturated heterocycles. The predicted molar refractivity (Wildman–Crippen MR) is 94.3 cm³/mol. The number of carbonyl (C=O) groups excluding carboxylic acids is 1. The molecule has 1 aliphatic rings. The number of ketones is 1. The number of rotatable bonds is 12. The normalized spacial score (nSPS) is 19.3. The second-order valence-electron chi connectivity index (χ2n) is 6.19. The van der Waals surface area contributed by atoms with Crippen molar-refractivity contribution in [3.05, 3.63) is 36.0 Å². The first kappa shape index (κ1) is 19.4. The van der Waals surface area contributed by atoms with Crippen molar-refractivity contribution in [1.82, 2.24) is 0 Å². The third kappa shape index (κ3) is 8.53. The van der Waals surface area contributed by atoms with E-state index in [9.17, 15) is 9.59 Å². The second kappa shape index (κ2) is 11.9. The van der Waals surface area contributed by atoms with Crippen LogP contribution < -0.4 is 0 Å². The van der Waals surface area contributed by atoms with Crippen molar-refractivity contribution >= 4 is 11.8 Å². The molecule has 1 aliphatic carbocycles. The number of carbonyl (C=O) groups is 2. The van der Waals surface area contributed by atoms with Crippen LogP contribution in [-0.2, 0) is 9.59 Å². The van der Waals surface area contributed by atoms with Crippen molar-refractivity contribution in [2.45, 2.75) is 71.1 Å². The molecule has 1 rings (SSSR count). The Balaban J connectivity index is 2.30. The van der Waals surface area contributed by atoms with E-state index in [4.69, 9.17) is 5.11 Å². The summed E-state index contributed by atoms with van der Waals surface area (Å²) in [4.78, 5) is 22.3. The lowest BCUT2D eigenvalue weighted by Gasteiger charge is -2.07. The Morgan fingerprint density at radius 2 is 1.91 bits per heavy atom. The summed E-state index contributed by atoms with van der Waals surface area (Å²) in [6, 6.07) is 0. The van der Waals surface area contributed by atoms with Crippen molar-refractivity contribution in [3.8, 4) is 0 Å². The fourth-order valence-corrected chi connectivity index (χ4v) is 2.78. The van der Waals surface area contributed by atoms with Crippen LogP contribution in [0.25, 0.3) is 0 Å². The van der Waals surface area contributed by atoms with E-state index < -0.39 is 5.97 Å². The van der Waals surface area contributed by atoms with Crippen LogP contribution in [0.2, 0.25) is 0 Å². The molecule has 3 heteroatoms. The lowest BCUT2D eigenvalue weighted by Crippen LogP contribution is -2.02. The average Bonchev–Trinajstić information content (AvgIpc) is 2.86. The molecule has 3 nitrogen and oxygen atoms in total. The van der Waals surface area contributed by atoms with Gasteiger partial charge in [0.15, 0.2) is 5.78 Å². The molecular formula is C20H30O3.